The first-order chi connectivity index (χ1) is 6.79. The predicted molar refractivity (Wildman–Crippen MR) is 53.6 cm³/mol. The van der Waals surface area contributed by atoms with Crippen molar-refractivity contribution in [1.82, 2.24) is 4.57 Å². The van der Waals surface area contributed by atoms with Crippen molar-refractivity contribution < 1.29 is 4.79 Å². The number of aromatic nitrogens is 1. The molecule has 14 heavy (non-hydrogen) atoms. The van der Waals surface area contributed by atoms with E-state index in [9.17, 15) is 4.79 Å². The van der Waals surface area contributed by atoms with E-state index in [-0.39, 0.29) is 5.78 Å². The highest BCUT2D eigenvalue weighted by molar-refractivity contribution is 6.14. The predicted octanol–water partition coefficient (Wildman–Crippen LogP) is 1.60. The lowest BCUT2D eigenvalue weighted by Crippen LogP contribution is -1.98. The molecule has 2 heterocycles. The van der Waals surface area contributed by atoms with Crippen molar-refractivity contribution in [2.24, 2.45) is 0 Å². The van der Waals surface area contributed by atoms with E-state index in [1.165, 1.54) is 0 Å². The average molecular weight is 184 g/mol. The maximum absolute atomic E-state index is 11.8. The molecule has 0 bridgehead atoms. The van der Waals surface area contributed by atoms with Crippen LogP contribution in [0.15, 0.2) is 36.4 Å². The number of carbonyl (C=O) groups is 1. The Balaban J connectivity index is 2.44. The number of rotatable bonds is 0. The lowest BCUT2D eigenvalue weighted by Gasteiger charge is -2.02. The standard InChI is InChI=1S/C11H8N2O/c12-10-6-5-9-11(14)7-3-1-2-4-8(7)13(9)10/h1-6H,12H2. The number of benzene rings is 1. The summed E-state index contributed by atoms with van der Waals surface area (Å²) in [5, 5.41) is 0. The van der Waals surface area contributed by atoms with Crippen molar-refractivity contribution in [3.8, 4) is 5.69 Å². The zero-order valence-corrected chi connectivity index (χ0v) is 7.40. The summed E-state index contributed by atoms with van der Waals surface area (Å²) in [5.41, 5.74) is 8.05. The van der Waals surface area contributed by atoms with Gasteiger partial charge in [-0.25, -0.2) is 0 Å². The number of ketones is 1. The van der Waals surface area contributed by atoms with Gasteiger partial charge >= 0.3 is 0 Å². The van der Waals surface area contributed by atoms with Crippen molar-refractivity contribution in [2.45, 2.75) is 0 Å². The van der Waals surface area contributed by atoms with Crippen LogP contribution in [0.3, 0.4) is 0 Å². The largest absolute Gasteiger partial charge is 0.385 e. The van der Waals surface area contributed by atoms with Gasteiger partial charge in [0.2, 0.25) is 5.78 Å². The summed E-state index contributed by atoms with van der Waals surface area (Å²) in [6, 6.07) is 11.0. The Bertz CT molecular complexity index is 540. The monoisotopic (exact) mass is 184 g/mol. The zero-order valence-electron chi connectivity index (χ0n) is 7.40. The van der Waals surface area contributed by atoms with Crippen LogP contribution in [0.4, 0.5) is 5.82 Å². The molecule has 0 aliphatic carbocycles. The molecule has 68 valence electrons. The molecule has 1 aromatic carbocycles. The van der Waals surface area contributed by atoms with Crippen LogP contribution in [0, 0.1) is 0 Å². The molecule has 0 amide bonds. The molecule has 1 aliphatic rings. The number of nitrogens with zero attached hydrogens (tertiary/aromatic N) is 1. The number of hydrogen-bond acceptors (Lipinski definition) is 2. The van der Waals surface area contributed by atoms with Gasteiger partial charge < -0.3 is 5.73 Å². The van der Waals surface area contributed by atoms with E-state index in [1.54, 1.807) is 16.7 Å². The first-order valence-corrected chi connectivity index (χ1v) is 4.40. The van der Waals surface area contributed by atoms with Gasteiger partial charge in [0.25, 0.3) is 0 Å². The van der Waals surface area contributed by atoms with Gasteiger partial charge in [-0.15, -0.1) is 0 Å². The first-order valence-electron chi connectivity index (χ1n) is 4.40. The summed E-state index contributed by atoms with van der Waals surface area (Å²) in [5.74, 6) is 0.663. The van der Waals surface area contributed by atoms with Crippen molar-refractivity contribution in [2.75, 3.05) is 5.73 Å². The van der Waals surface area contributed by atoms with Gasteiger partial charge in [0.05, 0.1) is 11.4 Å². The molecular formula is C11H8N2O. The second-order valence-electron chi connectivity index (χ2n) is 3.33. The summed E-state index contributed by atoms with van der Waals surface area (Å²) < 4.78 is 1.79. The van der Waals surface area contributed by atoms with Crippen molar-refractivity contribution >= 4 is 11.6 Å². The van der Waals surface area contributed by atoms with Gasteiger partial charge in [-0.1, -0.05) is 12.1 Å². The van der Waals surface area contributed by atoms with Gasteiger partial charge in [-0.3, -0.25) is 9.36 Å². The smallest absolute Gasteiger partial charge is 0.211 e. The lowest BCUT2D eigenvalue weighted by atomic mass is 10.1. The fraction of sp³-hybridized carbons (Fsp3) is 0. The second kappa shape index (κ2) is 2.26. The molecule has 0 fully saturated rings. The maximum Gasteiger partial charge on any atom is 0.211 e. The molecule has 0 spiro atoms. The second-order valence-corrected chi connectivity index (χ2v) is 3.33. The number of carbonyl (C=O) groups excluding carboxylic acids is 1. The molecule has 0 saturated heterocycles. The molecule has 0 saturated carbocycles. The fourth-order valence-corrected chi connectivity index (χ4v) is 1.90. The fourth-order valence-electron chi connectivity index (χ4n) is 1.90. The number of fused-ring (bicyclic) bond motifs is 3. The Morgan fingerprint density at radius 1 is 1.07 bits per heavy atom. The summed E-state index contributed by atoms with van der Waals surface area (Å²) >= 11 is 0. The van der Waals surface area contributed by atoms with E-state index >= 15 is 0 Å². The van der Waals surface area contributed by atoms with Crippen LogP contribution in [0.2, 0.25) is 0 Å². The van der Waals surface area contributed by atoms with Crippen LogP contribution in [0.1, 0.15) is 16.1 Å². The molecule has 0 atom stereocenters. The molecule has 0 unspecified atom stereocenters. The quantitative estimate of drug-likeness (QED) is 0.577. The molecule has 3 heteroatoms. The Labute approximate surface area is 80.8 Å². The maximum atomic E-state index is 11.8. The summed E-state index contributed by atoms with van der Waals surface area (Å²) in [6.45, 7) is 0. The SMILES string of the molecule is Nc1ccc2n1-c1ccccc1C2=O. The van der Waals surface area contributed by atoms with Crippen molar-refractivity contribution in [3.63, 3.8) is 0 Å². The Morgan fingerprint density at radius 3 is 2.71 bits per heavy atom. The van der Waals surface area contributed by atoms with Crippen LogP contribution in [0.5, 0.6) is 0 Å². The molecule has 2 aromatic rings. The highest BCUT2D eigenvalue weighted by atomic mass is 16.1. The van der Waals surface area contributed by atoms with Crippen LogP contribution < -0.4 is 5.73 Å². The topological polar surface area (TPSA) is 48.0 Å². The minimum atomic E-state index is 0.0531. The van der Waals surface area contributed by atoms with Crippen molar-refractivity contribution in [1.29, 1.82) is 0 Å². The Hall–Kier alpha value is -2.03. The minimum absolute atomic E-state index is 0.0531. The molecule has 2 N–H and O–H groups in total. The third-order valence-electron chi connectivity index (χ3n) is 2.53. The first kappa shape index (κ1) is 7.38. The van der Waals surface area contributed by atoms with Gasteiger partial charge in [0.1, 0.15) is 5.82 Å². The van der Waals surface area contributed by atoms with E-state index in [0.29, 0.717) is 11.5 Å². The Kier molecular flexibility index (Phi) is 1.19. The molecule has 3 nitrogen and oxygen atoms in total. The minimum Gasteiger partial charge on any atom is -0.385 e. The van der Waals surface area contributed by atoms with Crippen molar-refractivity contribution in [3.05, 3.63) is 47.7 Å². The summed E-state index contributed by atoms with van der Waals surface area (Å²) in [7, 11) is 0. The van der Waals surface area contributed by atoms with Crippen LogP contribution in [-0.2, 0) is 0 Å². The van der Waals surface area contributed by atoms with Gasteiger partial charge in [-0.05, 0) is 24.3 Å². The summed E-state index contributed by atoms with van der Waals surface area (Å²) in [6.07, 6.45) is 0. The van der Waals surface area contributed by atoms with Gasteiger partial charge in [-0.2, -0.15) is 0 Å². The van der Waals surface area contributed by atoms with E-state index in [0.717, 1.165) is 11.3 Å². The third kappa shape index (κ3) is 0.695. The third-order valence-corrected chi connectivity index (χ3v) is 2.53. The number of para-hydroxylation sites is 1. The molecular weight excluding hydrogens is 176 g/mol. The molecule has 1 aliphatic heterocycles. The average Bonchev–Trinajstić information content (AvgIpc) is 2.70. The number of nitrogens with two attached hydrogens (primary N) is 1. The van der Waals surface area contributed by atoms with Gasteiger partial charge in [0, 0.05) is 5.56 Å². The molecule has 3 rings (SSSR count). The molecule has 1 aromatic heterocycles. The van der Waals surface area contributed by atoms with Crippen LogP contribution in [0.25, 0.3) is 5.69 Å². The van der Waals surface area contributed by atoms with E-state index in [4.69, 9.17) is 5.73 Å². The van der Waals surface area contributed by atoms with Crippen LogP contribution >= 0.6 is 0 Å². The highest BCUT2D eigenvalue weighted by Crippen LogP contribution is 2.30. The van der Waals surface area contributed by atoms with E-state index in [1.807, 2.05) is 24.3 Å². The number of hydrogen-bond donors (Lipinski definition) is 1. The Morgan fingerprint density at radius 2 is 1.86 bits per heavy atom. The zero-order chi connectivity index (χ0) is 9.71. The van der Waals surface area contributed by atoms with Gasteiger partial charge in [0.15, 0.2) is 0 Å². The normalized spacial score (nSPS) is 12.7. The lowest BCUT2D eigenvalue weighted by molar-refractivity contribution is 0.104. The highest BCUT2D eigenvalue weighted by Gasteiger charge is 2.27. The molecule has 0 radical (unpaired) electrons. The number of anilines is 1. The summed E-state index contributed by atoms with van der Waals surface area (Å²) in [4.78, 5) is 11.8. The van der Waals surface area contributed by atoms with Crippen LogP contribution in [-0.4, -0.2) is 10.4 Å². The van der Waals surface area contributed by atoms with E-state index in [2.05, 4.69) is 0 Å². The van der Waals surface area contributed by atoms with E-state index < -0.39 is 0 Å². The number of nitrogen functional groups attached to an aromatic ring is 1.